The zero-order valence-electron chi connectivity index (χ0n) is 15.6. The predicted molar refractivity (Wildman–Crippen MR) is 111 cm³/mol. The van der Waals surface area contributed by atoms with Gasteiger partial charge in [-0.2, -0.15) is 0 Å². The number of hydrogen-bond acceptors (Lipinski definition) is 7. The average molecular weight is 400 g/mol. The van der Waals surface area contributed by atoms with Gasteiger partial charge in [0.15, 0.2) is 9.84 Å². The molecule has 0 fully saturated rings. The second-order valence-electron chi connectivity index (χ2n) is 7.52. The quantitative estimate of drug-likeness (QED) is 0.657. The molecule has 0 saturated heterocycles. The first-order valence-electron chi connectivity index (χ1n) is 9.34. The minimum Gasteiger partial charge on any atom is -0.399 e. The minimum absolute atomic E-state index is 0.0477. The van der Waals surface area contributed by atoms with E-state index in [-0.39, 0.29) is 5.75 Å². The van der Waals surface area contributed by atoms with Crippen molar-refractivity contribution in [2.45, 2.75) is 29.8 Å². The van der Waals surface area contributed by atoms with Crippen LogP contribution in [0.1, 0.15) is 24.0 Å². The van der Waals surface area contributed by atoms with Crippen LogP contribution in [0.15, 0.2) is 52.4 Å². The zero-order valence-corrected chi connectivity index (χ0v) is 16.5. The lowest BCUT2D eigenvalue weighted by molar-refractivity contribution is 0.371. The molecule has 4 rings (SSSR count). The summed E-state index contributed by atoms with van der Waals surface area (Å²) >= 11 is 0. The van der Waals surface area contributed by atoms with Gasteiger partial charge in [-0.1, -0.05) is 18.2 Å². The lowest BCUT2D eigenvalue weighted by Gasteiger charge is -2.38. The van der Waals surface area contributed by atoms with Gasteiger partial charge in [-0.25, -0.2) is 13.4 Å². The molecule has 7 nitrogen and oxygen atoms in total. The normalized spacial score (nSPS) is 23.4. The summed E-state index contributed by atoms with van der Waals surface area (Å²) in [5.41, 5.74) is 21.0. The molecule has 2 aliphatic heterocycles. The SMILES string of the molecule is NCCC1(N)CC(N2CCS(=O)(=O)c3ccccc3C2)=Nc2ccc(N)cc21. The number of nitrogens with two attached hydrogens (primary N) is 3. The van der Waals surface area contributed by atoms with E-state index in [0.29, 0.717) is 43.1 Å². The van der Waals surface area contributed by atoms with Crippen LogP contribution in [-0.4, -0.2) is 38.0 Å². The van der Waals surface area contributed by atoms with Crippen molar-refractivity contribution in [3.63, 3.8) is 0 Å². The van der Waals surface area contributed by atoms with E-state index in [1.165, 1.54) is 0 Å². The van der Waals surface area contributed by atoms with Crippen molar-refractivity contribution in [2.75, 3.05) is 24.6 Å². The molecule has 28 heavy (non-hydrogen) atoms. The third-order valence-corrected chi connectivity index (χ3v) is 7.32. The molecular formula is C20H25N5O2S. The van der Waals surface area contributed by atoms with Crippen LogP contribution in [0.2, 0.25) is 0 Å². The van der Waals surface area contributed by atoms with E-state index in [1.54, 1.807) is 18.2 Å². The molecule has 2 aromatic rings. The van der Waals surface area contributed by atoms with Crippen molar-refractivity contribution in [1.82, 2.24) is 4.90 Å². The van der Waals surface area contributed by atoms with Gasteiger partial charge in [0.2, 0.25) is 0 Å². The first-order valence-corrected chi connectivity index (χ1v) is 11.0. The van der Waals surface area contributed by atoms with Gasteiger partial charge in [-0.15, -0.1) is 0 Å². The molecule has 1 unspecified atom stereocenters. The van der Waals surface area contributed by atoms with Gasteiger partial charge in [-0.05, 0) is 42.8 Å². The number of rotatable bonds is 2. The van der Waals surface area contributed by atoms with Crippen LogP contribution in [0.25, 0.3) is 0 Å². The summed E-state index contributed by atoms with van der Waals surface area (Å²) in [6, 6.07) is 12.7. The van der Waals surface area contributed by atoms with Crippen LogP contribution in [0.4, 0.5) is 11.4 Å². The fourth-order valence-corrected chi connectivity index (χ4v) is 5.55. The van der Waals surface area contributed by atoms with Gasteiger partial charge < -0.3 is 22.1 Å². The molecule has 2 aromatic carbocycles. The highest BCUT2D eigenvalue weighted by Gasteiger charge is 2.37. The molecule has 0 aliphatic carbocycles. The second-order valence-corrected chi connectivity index (χ2v) is 9.60. The maximum atomic E-state index is 12.7. The summed E-state index contributed by atoms with van der Waals surface area (Å²) in [6.45, 7) is 1.30. The first kappa shape index (κ1) is 18.9. The zero-order chi connectivity index (χ0) is 19.9. The number of fused-ring (bicyclic) bond motifs is 2. The Bertz CT molecular complexity index is 1050. The monoisotopic (exact) mass is 399 g/mol. The van der Waals surface area contributed by atoms with Crippen LogP contribution in [0.5, 0.6) is 0 Å². The maximum Gasteiger partial charge on any atom is 0.180 e. The van der Waals surface area contributed by atoms with Crippen molar-refractivity contribution in [2.24, 2.45) is 16.5 Å². The Morgan fingerprint density at radius 1 is 1.18 bits per heavy atom. The van der Waals surface area contributed by atoms with Crippen molar-refractivity contribution in [3.8, 4) is 0 Å². The number of anilines is 1. The molecule has 0 aromatic heterocycles. The van der Waals surface area contributed by atoms with Gasteiger partial charge in [0.25, 0.3) is 0 Å². The number of amidine groups is 1. The molecular weight excluding hydrogens is 374 g/mol. The Labute approximate surface area is 165 Å². The van der Waals surface area contributed by atoms with E-state index in [2.05, 4.69) is 0 Å². The smallest absolute Gasteiger partial charge is 0.180 e. The fourth-order valence-electron chi connectivity index (χ4n) is 4.05. The minimum atomic E-state index is -3.32. The Hall–Kier alpha value is -2.42. The summed E-state index contributed by atoms with van der Waals surface area (Å²) in [6.07, 6.45) is 1.08. The summed E-state index contributed by atoms with van der Waals surface area (Å²) in [5, 5.41) is 0. The number of sulfone groups is 1. The van der Waals surface area contributed by atoms with Crippen molar-refractivity contribution in [1.29, 1.82) is 0 Å². The molecule has 0 bridgehead atoms. The van der Waals surface area contributed by atoms with E-state index in [9.17, 15) is 8.42 Å². The summed E-state index contributed by atoms with van der Waals surface area (Å²) in [7, 11) is -3.32. The third-order valence-electron chi connectivity index (χ3n) is 5.53. The van der Waals surface area contributed by atoms with Crippen molar-refractivity contribution in [3.05, 3.63) is 53.6 Å². The summed E-state index contributed by atoms with van der Waals surface area (Å²) in [4.78, 5) is 7.26. The maximum absolute atomic E-state index is 12.7. The van der Waals surface area contributed by atoms with Crippen LogP contribution in [0, 0.1) is 0 Å². The molecule has 2 heterocycles. The second kappa shape index (κ2) is 6.88. The topological polar surface area (TPSA) is 128 Å². The molecule has 2 aliphatic rings. The molecule has 0 radical (unpaired) electrons. The molecule has 0 spiro atoms. The highest BCUT2D eigenvalue weighted by atomic mass is 32.2. The predicted octanol–water partition coefficient (Wildman–Crippen LogP) is 1.49. The molecule has 8 heteroatoms. The van der Waals surface area contributed by atoms with Crippen LogP contribution in [-0.2, 0) is 21.9 Å². The van der Waals surface area contributed by atoms with E-state index in [0.717, 1.165) is 22.6 Å². The Morgan fingerprint density at radius 2 is 1.96 bits per heavy atom. The van der Waals surface area contributed by atoms with Gasteiger partial charge in [0, 0.05) is 30.8 Å². The van der Waals surface area contributed by atoms with E-state index in [4.69, 9.17) is 22.2 Å². The van der Waals surface area contributed by atoms with Gasteiger partial charge in [0.1, 0.15) is 5.84 Å². The molecule has 0 amide bonds. The van der Waals surface area contributed by atoms with Gasteiger partial charge >= 0.3 is 0 Å². The Balaban J connectivity index is 1.76. The van der Waals surface area contributed by atoms with E-state index >= 15 is 0 Å². The number of aliphatic imine (C=N–C) groups is 1. The lowest BCUT2D eigenvalue weighted by atomic mass is 9.80. The number of nitrogens with zero attached hydrogens (tertiary/aromatic N) is 2. The number of nitrogen functional groups attached to an aromatic ring is 1. The van der Waals surface area contributed by atoms with Gasteiger partial charge in [0.05, 0.1) is 21.9 Å². The highest BCUT2D eigenvalue weighted by molar-refractivity contribution is 7.91. The van der Waals surface area contributed by atoms with E-state index < -0.39 is 15.4 Å². The standard InChI is InChI=1S/C20H25N5O2S/c21-8-7-20(23)12-19(24-17-6-5-15(22)11-16(17)20)25-9-10-28(26,27)18-4-2-1-3-14(18)13-25/h1-6,11H,7-10,12-13,21-23H2. The van der Waals surface area contributed by atoms with Gasteiger partial charge in [-0.3, -0.25) is 0 Å². The number of hydrogen-bond donors (Lipinski definition) is 3. The lowest BCUT2D eigenvalue weighted by Crippen LogP contribution is -2.47. The largest absolute Gasteiger partial charge is 0.399 e. The summed E-state index contributed by atoms with van der Waals surface area (Å²) < 4.78 is 25.3. The summed E-state index contributed by atoms with van der Waals surface area (Å²) in [5.74, 6) is 0.839. The van der Waals surface area contributed by atoms with Crippen LogP contribution >= 0.6 is 0 Å². The first-order chi connectivity index (χ1) is 13.3. The Morgan fingerprint density at radius 3 is 2.75 bits per heavy atom. The molecule has 148 valence electrons. The third kappa shape index (κ3) is 3.28. The average Bonchev–Trinajstić information content (AvgIpc) is 2.79. The van der Waals surface area contributed by atoms with Crippen LogP contribution in [0.3, 0.4) is 0 Å². The van der Waals surface area contributed by atoms with Crippen molar-refractivity contribution < 1.29 is 8.42 Å². The van der Waals surface area contributed by atoms with Crippen LogP contribution < -0.4 is 17.2 Å². The van der Waals surface area contributed by atoms with E-state index in [1.807, 2.05) is 29.2 Å². The number of benzene rings is 2. The molecule has 1 atom stereocenters. The molecule has 6 N–H and O–H groups in total. The highest BCUT2D eigenvalue weighted by Crippen LogP contribution is 2.40. The fraction of sp³-hybridized carbons (Fsp3) is 0.350. The Kier molecular flexibility index (Phi) is 4.65. The molecule has 0 saturated carbocycles. The van der Waals surface area contributed by atoms with Crippen molar-refractivity contribution >= 4 is 27.0 Å².